The van der Waals surface area contributed by atoms with Crippen molar-refractivity contribution in [2.45, 2.75) is 46.1 Å². The number of carbonyl (C=O) groups is 1. The van der Waals surface area contributed by atoms with Crippen LogP contribution in [-0.2, 0) is 4.79 Å². The molecular formula is C9H17NO. The Balaban J connectivity index is 2.53. The number of piperidine rings is 1. The minimum absolute atomic E-state index is 0.218. The lowest BCUT2D eigenvalue weighted by atomic mass is 9.82. The molecule has 1 rings (SSSR count). The standard InChI is InChI=1S/C9H17NO/c1-9(2,3)7-5-4-6-8(11)10-7/h7H,4-6H2,1-3H3,(H,10,11)/t7-/m0/s1. The van der Waals surface area contributed by atoms with Gasteiger partial charge >= 0.3 is 0 Å². The quantitative estimate of drug-likeness (QED) is 0.567. The average Bonchev–Trinajstić information content (AvgIpc) is 1.86. The average molecular weight is 155 g/mol. The van der Waals surface area contributed by atoms with Gasteiger partial charge in [-0.15, -0.1) is 0 Å². The molecule has 2 heteroatoms. The SMILES string of the molecule is CC(C)(C)[C@@H]1CCCC(=O)N1. The van der Waals surface area contributed by atoms with Gasteiger partial charge in [0.2, 0.25) is 5.91 Å². The third-order valence-corrected chi connectivity index (χ3v) is 2.28. The summed E-state index contributed by atoms with van der Waals surface area (Å²) in [4.78, 5) is 11.0. The Labute approximate surface area is 68.4 Å². The van der Waals surface area contributed by atoms with Crippen LogP contribution in [0.4, 0.5) is 0 Å². The van der Waals surface area contributed by atoms with Crippen molar-refractivity contribution in [1.29, 1.82) is 0 Å². The minimum Gasteiger partial charge on any atom is -0.353 e. The van der Waals surface area contributed by atoms with E-state index in [1.807, 2.05) is 0 Å². The third-order valence-electron chi connectivity index (χ3n) is 2.28. The predicted molar refractivity (Wildman–Crippen MR) is 45.2 cm³/mol. The number of carbonyl (C=O) groups excluding carboxylic acids is 1. The van der Waals surface area contributed by atoms with Gasteiger partial charge in [-0.25, -0.2) is 0 Å². The molecule has 0 saturated carbocycles. The summed E-state index contributed by atoms with van der Waals surface area (Å²) in [6.45, 7) is 6.51. The topological polar surface area (TPSA) is 29.1 Å². The highest BCUT2D eigenvalue weighted by molar-refractivity contribution is 5.77. The first-order valence-electron chi connectivity index (χ1n) is 4.29. The molecule has 0 aromatic carbocycles. The second kappa shape index (κ2) is 2.84. The molecule has 1 atom stereocenters. The van der Waals surface area contributed by atoms with Gasteiger partial charge in [0.1, 0.15) is 0 Å². The third kappa shape index (κ3) is 2.21. The van der Waals surface area contributed by atoms with Crippen LogP contribution in [0.1, 0.15) is 40.0 Å². The van der Waals surface area contributed by atoms with Gasteiger partial charge in [0.05, 0.1) is 0 Å². The highest BCUT2D eigenvalue weighted by Gasteiger charge is 2.28. The van der Waals surface area contributed by atoms with E-state index < -0.39 is 0 Å². The van der Waals surface area contributed by atoms with Crippen molar-refractivity contribution in [2.75, 3.05) is 0 Å². The van der Waals surface area contributed by atoms with E-state index in [0.717, 1.165) is 12.8 Å². The van der Waals surface area contributed by atoms with Gasteiger partial charge in [-0.05, 0) is 18.3 Å². The van der Waals surface area contributed by atoms with Crippen LogP contribution in [0.3, 0.4) is 0 Å². The zero-order valence-electron chi connectivity index (χ0n) is 7.61. The molecule has 0 radical (unpaired) electrons. The highest BCUT2D eigenvalue weighted by Crippen LogP contribution is 2.25. The summed E-state index contributed by atoms with van der Waals surface area (Å²) in [5.74, 6) is 0.219. The van der Waals surface area contributed by atoms with Crippen molar-refractivity contribution in [2.24, 2.45) is 5.41 Å². The monoisotopic (exact) mass is 155 g/mol. The Kier molecular flexibility index (Phi) is 2.21. The maximum Gasteiger partial charge on any atom is 0.220 e. The zero-order chi connectivity index (χ0) is 8.48. The molecule has 1 N–H and O–H groups in total. The molecule has 0 spiro atoms. The molecule has 0 unspecified atom stereocenters. The van der Waals surface area contributed by atoms with Crippen LogP contribution in [0.15, 0.2) is 0 Å². The minimum atomic E-state index is 0.218. The Morgan fingerprint density at radius 2 is 2.09 bits per heavy atom. The fourth-order valence-electron chi connectivity index (χ4n) is 1.45. The van der Waals surface area contributed by atoms with E-state index in [4.69, 9.17) is 0 Å². The second-order valence-electron chi connectivity index (χ2n) is 4.38. The van der Waals surface area contributed by atoms with Crippen molar-refractivity contribution in [3.8, 4) is 0 Å². The van der Waals surface area contributed by atoms with Gasteiger partial charge in [-0.2, -0.15) is 0 Å². The molecule has 0 aromatic rings. The Hall–Kier alpha value is -0.530. The van der Waals surface area contributed by atoms with Crippen LogP contribution in [0.2, 0.25) is 0 Å². The molecule has 1 fully saturated rings. The summed E-state index contributed by atoms with van der Waals surface area (Å²) in [5, 5.41) is 3.02. The lowest BCUT2D eigenvalue weighted by Gasteiger charge is -2.34. The number of hydrogen-bond donors (Lipinski definition) is 1. The molecule has 1 aliphatic rings. The molecule has 1 aliphatic heterocycles. The number of hydrogen-bond acceptors (Lipinski definition) is 1. The van der Waals surface area contributed by atoms with E-state index in [2.05, 4.69) is 26.1 Å². The van der Waals surface area contributed by atoms with Gasteiger partial charge in [-0.1, -0.05) is 20.8 Å². The van der Waals surface area contributed by atoms with Gasteiger partial charge in [-0.3, -0.25) is 4.79 Å². The summed E-state index contributed by atoms with van der Waals surface area (Å²) >= 11 is 0. The fraction of sp³-hybridized carbons (Fsp3) is 0.889. The maximum atomic E-state index is 11.0. The Morgan fingerprint density at radius 1 is 1.45 bits per heavy atom. The molecule has 11 heavy (non-hydrogen) atoms. The molecule has 0 bridgehead atoms. The molecule has 64 valence electrons. The maximum absolute atomic E-state index is 11.0. The van der Waals surface area contributed by atoms with E-state index in [1.165, 1.54) is 0 Å². The van der Waals surface area contributed by atoms with Crippen molar-refractivity contribution < 1.29 is 4.79 Å². The lowest BCUT2D eigenvalue weighted by molar-refractivity contribution is -0.124. The van der Waals surface area contributed by atoms with Crippen LogP contribution >= 0.6 is 0 Å². The first kappa shape index (κ1) is 8.57. The second-order valence-corrected chi connectivity index (χ2v) is 4.38. The largest absolute Gasteiger partial charge is 0.353 e. The summed E-state index contributed by atoms with van der Waals surface area (Å²) in [7, 11) is 0. The Bertz CT molecular complexity index is 157. The van der Waals surface area contributed by atoms with E-state index in [9.17, 15) is 4.79 Å². The number of nitrogens with one attached hydrogen (secondary N) is 1. The van der Waals surface area contributed by atoms with Gasteiger partial charge in [0.25, 0.3) is 0 Å². The molecular weight excluding hydrogens is 138 g/mol. The van der Waals surface area contributed by atoms with E-state index >= 15 is 0 Å². The summed E-state index contributed by atoms with van der Waals surface area (Å²) in [6, 6.07) is 0.378. The highest BCUT2D eigenvalue weighted by atomic mass is 16.1. The van der Waals surface area contributed by atoms with Crippen LogP contribution in [-0.4, -0.2) is 11.9 Å². The van der Waals surface area contributed by atoms with Crippen LogP contribution in [0, 0.1) is 5.41 Å². The van der Waals surface area contributed by atoms with Crippen LogP contribution in [0.25, 0.3) is 0 Å². The van der Waals surface area contributed by atoms with Crippen molar-refractivity contribution in [1.82, 2.24) is 5.32 Å². The van der Waals surface area contributed by atoms with Crippen molar-refractivity contribution in [3.63, 3.8) is 0 Å². The molecule has 2 nitrogen and oxygen atoms in total. The summed E-state index contributed by atoms with van der Waals surface area (Å²) in [5.41, 5.74) is 0.218. The summed E-state index contributed by atoms with van der Waals surface area (Å²) < 4.78 is 0. The number of amides is 1. The van der Waals surface area contributed by atoms with Crippen molar-refractivity contribution in [3.05, 3.63) is 0 Å². The van der Waals surface area contributed by atoms with E-state index in [0.29, 0.717) is 12.5 Å². The molecule has 0 aromatic heterocycles. The zero-order valence-corrected chi connectivity index (χ0v) is 7.61. The van der Waals surface area contributed by atoms with Gasteiger partial charge in [0.15, 0.2) is 0 Å². The van der Waals surface area contributed by atoms with Gasteiger partial charge < -0.3 is 5.32 Å². The first-order valence-corrected chi connectivity index (χ1v) is 4.29. The number of rotatable bonds is 0. The fourth-order valence-corrected chi connectivity index (χ4v) is 1.45. The lowest BCUT2D eigenvalue weighted by Crippen LogP contribution is -2.46. The van der Waals surface area contributed by atoms with E-state index in [1.54, 1.807) is 0 Å². The molecule has 0 aliphatic carbocycles. The Morgan fingerprint density at radius 3 is 2.45 bits per heavy atom. The van der Waals surface area contributed by atoms with E-state index in [-0.39, 0.29) is 11.3 Å². The van der Waals surface area contributed by atoms with Crippen molar-refractivity contribution >= 4 is 5.91 Å². The molecule has 1 saturated heterocycles. The first-order chi connectivity index (χ1) is 5.00. The smallest absolute Gasteiger partial charge is 0.220 e. The van der Waals surface area contributed by atoms with Crippen LogP contribution < -0.4 is 5.32 Å². The van der Waals surface area contributed by atoms with Gasteiger partial charge in [0, 0.05) is 12.5 Å². The molecule has 1 amide bonds. The predicted octanol–water partition coefficient (Wildman–Crippen LogP) is 1.70. The normalized spacial score (nSPS) is 26.5. The van der Waals surface area contributed by atoms with Crippen LogP contribution in [0.5, 0.6) is 0 Å². The molecule has 1 heterocycles. The summed E-state index contributed by atoms with van der Waals surface area (Å²) in [6.07, 6.45) is 2.90.